The van der Waals surface area contributed by atoms with Crippen molar-refractivity contribution in [3.63, 3.8) is 0 Å². The van der Waals surface area contributed by atoms with Crippen molar-refractivity contribution in [3.05, 3.63) is 48.4 Å². The first-order valence-corrected chi connectivity index (χ1v) is 13.1. The van der Waals surface area contributed by atoms with Crippen LogP contribution in [0.4, 0.5) is 10.1 Å². The van der Waals surface area contributed by atoms with Crippen LogP contribution in [0.1, 0.15) is 26.7 Å². The molecular weight excluding hydrogens is 503 g/mol. The molecule has 3 aromatic rings. The van der Waals surface area contributed by atoms with Gasteiger partial charge in [-0.25, -0.2) is 4.39 Å². The van der Waals surface area contributed by atoms with E-state index in [1.54, 1.807) is 37.6 Å². The zero-order valence-corrected chi connectivity index (χ0v) is 23.0. The molecule has 0 bridgehead atoms. The van der Waals surface area contributed by atoms with Crippen LogP contribution in [0.2, 0.25) is 0 Å². The highest BCUT2D eigenvalue weighted by atomic mass is 19.1. The molecule has 0 radical (unpaired) electrons. The molecule has 0 aliphatic heterocycles. The smallest absolute Gasteiger partial charge is 0.242 e. The van der Waals surface area contributed by atoms with Crippen molar-refractivity contribution in [1.82, 2.24) is 15.2 Å². The number of fused-ring (bicyclic) bond motifs is 1. The number of ether oxygens (including phenoxy) is 3. The number of rotatable bonds is 12. The molecule has 208 valence electrons. The van der Waals surface area contributed by atoms with Crippen LogP contribution in [0, 0.1) is 11.2 Å². The molecule has 2 amide bonds. The summed E-state index contributed by atoms with van der Waals surface area (Å²) in [6.45, 7) is 7.38. The number of benzene rings is 2. The number of methoxy groups -OCH3 is 1. The average molecular weight is 539 g/mol. The molecule has 1 aliphatic carbocycles. The minimum Gasteiger partial charge on any atom is -0.493 e. The van der Waals surface area contributed by atoms with Gasteiger partial charge in [-0.15, -0.1) is 0 Å². The van der Waals surface area contributed by atoms with Crippen LogP contribution >= 0.6 is 0 Å². The van der Waals surface area contributed by atoms with Gasteiger partial charge >= 0.3 is 0 Å². The standard InChI is InChI=1S/C29H35FN4O5/c1-6-34(7-2)14-15-38-26-18-22-20(17-25(26)37-5)23(10-13-32-22)39-24-9-8-19(16-21(24)30)33(4)28(36)29(11-12-29)27(35)31-3/h8-10,13,16-18H,6-7,11-12,14-15H2,1-5H3,(H,31,35). The van der Waals surface area contributed by atoms with Gasteiger partial charge in [0, 0.05) is 50.0 Å². The van der Waals surface area contributed by atoms with E-state index in [-0.39, 0.29) is 17.6 Å². The molecule has 1 heterocycles. The van der Waals surface area contributed by atoms with Crippen molar-refractivity contribution in [1.29, 1.82) is 0 Å². The highest BCUT2D eigenvalue weighted by Crippen LogP contribution is 2.48. The maximum absolute atomic E-state index is 15.2. The molecule has 0 spiro atoms. The molecule has 1 aliphatic rings. The lowest BCUT2D eigenvalue weighted by molar-refractivity contribution is -0.135. The van der Waals surface area contributed by atoms with Crippen LogP contribution in [-0.4, -0.2) is 69.1 Å². The molecule has 9 nitrogen and oxygen atoms in total. The van der Waals surface area contributed by atoms with Crippen molar-refractivity contribution in [2.75, 3.05) is 52.3 Å². The highest BCUT2D eigenvalue weighted by molar-refractivity contribution is 6.13. The van der Waals surface area contributed by atoms with Gasteiger partial charge in [0.1, 0.15) is 17.8 Å². The fourth-order valence-electron chi connectivity index (χ4n) is 4.55. The molecule has 2 aromatic carbocycles. The van der Waals surface area contributed by atoms with Crippen LogP contribution in [0.5, 0.6) is 23.0 Å². The summed E-state index contributed by atoms with van der Waals surface area (Å²) in [6, 6.07) is 9.45. The summed E-state index contributed by atoms with van der Waals surface area (Å²) in [5.74, 6) is 0.120. The SMILES string of the molecule is CCN(CC)CCOc1cc2nccc(Oc3ccc(N(C)C(=O)C4(C(=O)NC)CC4)cc3F)c2cc1OC. The van der Waals surface area contributed by atoms with Gasteiger partial charge in [-0.2, -0.15) is 0 Å². The molecule has 1 aromatic heterocycles. The molecular formula is C29H35FN4O5. The number of hydrogen-bond donors (Lipinski definition) is 1. The third kappa shape index (κ3) is 5.75. The fourth-order valence-corrected chi connectivity index (χ4v) is 4.55. The zero-order valence-electron chi connectivity index (χ0n) is 23.0. The summed E-state index contributed by atoms with van der Waals surface area (Å²) in [5.41, 5.74) is -0.136. The highest BCUT2D eigenvalue weighted by Gasteiger charge is 2.57. The van der Waals surface area contributed by atoms with Crippen LogP contribution in [-0.2, 0) is 9.59 Å². The predicted molar refractivity (Wildman–Crippen MR) is 147 cm³/mol. The minimum absolute atomic E-state index is 0.0157. The molecule has 0 saturated heterocycles. The number of likely N-dealkylation sites (N-methyl/N-ethyl adjacent to an activating group) is 1. The van der Waals surface area contributed by atoms with Gasteiger partial charge in [0.15, 0.2) is 23.1 Å². The van der Waals surface area contributed by atoms with Gasteiger partial charge in [-0.3, -0.25) is 14.6 Å². The Kier molecular flexibility index (Phi) is 8.54. The third-order valence-electron chi connectivity index (χ3n) is 7.19. The summed E-state index contributed by atoms with van der Waals surface area (Å²) >= 11 is 0. The molecule has 1 N–H and O–H groups in total. The molecule has 4 rings (SSSR count). The number of anilines is 1. The number of nitrogens with zero attached hydrogens (tertiary/aromatic N) is 3. The Morgan fingerprint density at radius 2 is 1.79 bits per heavy atom. The maximum Gasteiger partial charge on any atom is 0.242 e. The van der Waals surface area contributed by atoms with E-state index in [0.717, 1.165) is 19.6 Å². The first-order valence-electron chi connectivity index (χ1n) is 13.1. The lowest BCUT2D eigenvalue weighted by Crippen LogP contribution is -2.42. The Labute approximate surface area is 227 Å². The van der Waals surface area contributed by atoms with Gasteiger partial charge in [0.2, 0.25) is 11.8 Å². The lowest BCUT2D eigenvalue weighted by atomic mass is 10.0. The average Bonchev–Trinajstić information content (AvgIpc) is 3.77. The van der Waals surface area contributed by atoms with E-state index in [1.165, 1.54) is 31.1 Å². The number of aromatic nitrogens is 1. The predicted octanol–water partition coefficient (Wildman–Crippen LogP) is 4.38. The Balaban J connectivity index is 1.54. The van der Waals surface area contributed by atoms with E-state index in [0.29, 0.717) is 53.3 Å². The van der Waals surface area contributed by atoms with Gasteiger partial charge in [-0.1, -0.05) is 13.8 Å². The van der Waals surface area contributed by atoms with E-state index in [9.17, 15) is 9.59 Å². The number of pyridine rings is 1. The van der Waals surface area contributed by atoms with E-state index >= 15 is 4.39 Å². The molecule has 0 unspecified atom stereocenters. The molecule has 39 heavy (non-hydrogen) atoms. The topological polar surface area (TPSA) is 93.2 Å². The van der Waals surface area contributed by atoms with Crippen molar-refractivity contribution in [2.24, 2.45) is 5.41 Å². The first-order chi connectivity index (χ1) is 18.8. The fraction of sp³-hybridized carbons (Fsp3) is 0.414. The number of hydrogen-bond acceptors (Lipinski definition) is 7. The van der Waals surface area contributed by atoms with E-state index in [1.807, 2.05) is 0 Å². The van der Waals surface area contributed by atoms with Crippen LogP contribution in [0.3, 0.4) is 0 Å². The Morgan fingerprint density at radius 3 is 2.41 bits per heavy atom. The number of halogens is 1. The van der Waals surface area contributed by atoms with Crippen molar-refractivity contribution < 1.29 is 28.2 Å². The maximum atomic E-state index is 15.2. The van der Waals surface area contributed by atoms with Crippen LogP contribution < -0.4 is 24.4 Å². The minimum atomic E-state index is -1.07. The summed E-state index contributed by atoms with van der Waals surface area (Å²) in [5, 5.41) is 3.17. The Morgan fingerprint density at radius 1 is 1.05 bits per heavy atom. The second-order valence-corrected chi connectivity index (χ2v) is 9.45. The quantitative estimate of drug-likeness (QED) is 0.342. The Hall–Kier alpha value is -3.92. The van der Waals surface area contributed by atoms with Crippen molar-refractivity contribution in [2.45, 2.75) is 26.7 Å². The summed E-state index contributed by atoms with van der Waals surface area (Å²) in [6.07, 6.45) is 2.53. The van der Waals surface area contributed by atoms with Crippen molar-refractivity contribution >= 4 is 28.4 Å². The van der Waals surface area contributed by atoms with Gasteiger partial charge in [-0.05, 0) is 50.2 Å². The number of nitrogens with one attached hydrogen (secondary N) is 1. The van der Waals surface area contributed by atoms with E-state index in [4.69, 9.17) is 14.2 Å². The summed E-state index contributed by atoms with van der Waals surface area (Å²) in [4.78, 5) is 33.2. The molecule has 10 heteroatoms. The molecule has 1 saturated carbocycles. The lowest BCUT2D eigenvalue weighted by Gasteiger charge is -2.23. The number of carbonyl (C=O) groups excluding carboxylic acids is 2. The van der Waals surface area contributed by atoms with E-state index < -0.39 is 11.2 Å². The zero-order chi connectivity index (χ0) is 28.2. The van der Waals surface area contributed by atoms with Gasteiger partial charge in [0.25, 0.3) is 0 Å². The second kappa shape index (κ2) is 11.9. The second-order valence-electron chi connectivity index (χ2n) is 9.45. The monoisotopic (exact) mass is 538 g/mol. The first kappa shape index (κ1) is 28.1. The van der Waals surface area contributed by atoms with Crippen molar-refractivity contribution in [3.8, 4) is 23.0 Å². The van der Waals surface area contributed by atoms with Crippen LogP contribution in [0.15, 0.2) is 42.6 Å². The Bertz CT molecular complexity index is 1360. The normalized spacial score (nSPS) is 13.7. The van der Waals surface area contributed by atoms with E-state index in [2.05, 4.69) is 29.0 Å². The third-order valence-corrected chi connectivity index (χ3v) is 7.19. The molecule has 1 fully saturated rings. The largest absolute Gasteiger partial charge is 0.493 e. The number of carbonyl (C=O) groups is 2. The number of amides is 2. The molecule has 0 atom stereocenters. The summed E-state index contributed by atoms with van der Waals surface area (Å²) in [7, 11) is 4.59. The van der Waals surface area contributed by atoms with Gasteiger partial charge in [0.05, 0.1) is 12.6 Å². The summed E-state index contributed by atoms with van der Waals surface area (Å²) < 4.78 is 32.7. The van der Waals surface area contributed by atoms with Crippen LogP contribution in [0.25, 0.3) is 10.9 Å². The van der Waals surface area contributed by atoms with Gasteiger partial charge < -0.3 is 29.3 Å².